The van der Waals surface area contributed by atoms with Crippen molar-refractivity contribution in [2.24, 2.45) is 0 Å². The van der Waals surface area contributed by atoms with Crippen LogP contribution in [0.5, 0.6) is 0 Å². The maximum Gasteiger partial charge on any atom is 0.159 e. The Kier molecular flexibility index (Phi) is 3.02. The predicted octanol–water partition coefficient (Wildman–Crippen LogP) is 2.60. The van der Waals surface area contributed by atoms with Gasteiger partial charge in [0, 0.05) is 6.42 Å². The predicted molar refractivity (Wildman–Crippen MR) is 54.8 cm³/mol. The van der Waals surface area contributed by atoms with E-state index in [2.05, 4.69) is 26.5 Å². The molecule has 0 aromatic heterocycles. The average Bonchev–Trinajstić information content (AvgIpc) is 2.11. The van der Waals surface area contributed by atoms with Gasteiger partial charge in [0.05, 0.1) is 0 Å². The third-order valence-electron chi connectivity index (χ3n) is 2.18. The van der Waals surface area contributed by atoms with Gasteiger partial charge in [0.15, 0.2) is 5.78 Å². The van der Waals surface area contributed by atoms with Gasteiger partial charge in [-0.05, 0) is 36.6 Å². The Morgan fingerprint density at radius 3 is 2.62 bits per heavy atom. The van der Waals surface area contributed by atoms with Crippen LogP contribution in [0, 0.1) is 13.8 Å². The molecule has 1 aromatic carbocycles. The number of benzene rings is 1. The van der Waals surface area contributed by atoms with Gasteiger partial charge in [0.25, 0.3) is 0 Å². The van der Waals surface area contributed by atoms with Crippen molar-refractivity contribution in [2.75, 3.05) is 0 Å². The highest BCUT2D eigenvalue weighted by Crippen LogP contribution is 2.10. The van der Waals surface area contributed by atoms with Gasteiger partial charge >= 0.3 is 0 Å². The average molecular weight is 174 g/mol. The third-order valence-corrected chi connectivity index (χ3v) is 2.18. The highest BCUT2D eigenvalue weighted by molar-refractivity contribution is 5.90. The molecule has 0 atom stereocenters. The molecule has 68 valence electrons. The summed E-state index contributed by atoms with van der Waals surface area (Å²) in [5, 5.41) is 0. The molecule has 0 radical (unpaired) electrons. The fraction of sp³-hybridized carbons (Fsp3) is 0.250. The number of aryl methyl sites for hydroxylation is 2. The van der Waals surface area contributed by atoms with Crippen LogP contribution in [0.2, 0.25) is 0 Å². The van der Waals surface area contributed by atoms with Crippen molar-refractivity contribution in [3.05, 3.63) is 47.5 Å². The van der Waals surface area contributed by atoms with E-state index in [9.17, 15) is 4.79 Å². The minimum atomic E-state index is 0.0725. The lowest BCUT2D eigenvalue weighted by atomic mass is 10.0. The summed E-state index contributed by atoms with van der Waals surface area (Å²) in [5.41, 5.74) is 3.55. The van der Waals surface area contributed by atoms with E-state index in [1.807, 2.05) is 12.1 Å². The number of rotatable bonds is 3. The van der Waals surface area contributed by atoms with E-state index in [0.717, 1.165) is 5.56 Å². The highest BCUT2D eigenvalue weighted by atomic mass is 16.1. The Balaban J connectivity index is 2.85. The van der Waals surface area contributed by atoms with Gasteiger partial charge in [-0.1, -0.05) is 24.8 Å². The van der Waals surface area contributed by atoms with Crippen LogP contribution in [-0.4, -0.2) is 5.78 Å². The summed E-state index contributed by atoms with van der Waals surface area (Å²) in [6.07, 6.45) is 1.83. The SMILES string of the molecule is C=CC(=O)Cc1ccc(C)c(C)c1. The zero-order chi connectivity index (χ0) is 9.84. The second kappa shape index (κ2) is 4.04. The van der Waals surface area contributed by atoms with E-state index in [0.29, 0.717) is 6.42 Å². The number of hydrogen-bond acceptors (Lipinski definition) is 1. The van der Waals surface area contributed by atoms with Crippen molar-refractivity contribution in [3.8, 4) is 0 Å². The fourth-order valence-electron chi connectivity index (χ4n) is 1.19. The first-order valence-electron chi connectivity index (χ1n) is 4.35. The first-order chi connectivity index (χ1) is 6.13. The van der Waals surface area contributed by atoms with Gasteiger partial charge in [-0.15, -0.1) is 0 Å². The molecule has 0 bridgehead atoms. The van der Waals surface area contributed by atoms with Crippen LogP contribution in [0.4, 0.5) is 0 Å². The first kappa shape index (κ1) is 9.72. The highest BCUT2D eigenvalue weighted by Gasteiger charge is 2.00. The molecule has 1 aromatic rings. The monoisotopic (exact) mass is 174 g/mol. The van der Waals surface area contributed by atoms with Gasteiger partial charge in [-0.2, -0.15) is 0 Å². The van der Waals surface area contributed by atoms with Gasteiger partial charge in [0.2, 0.25) is 0 Å². The van der Waals surface area contributed by atoms with Crippen LogP contribution >= 0.6 is 0 Å². The van der Waals surface area contributed by atoms with E-state index in [4.69, 9.17) is 0 Å². The van der Waals surface area contributed by atoms with Crippen molar-refractivity contribution in [2.45, 2.75) is 20.3 Å². The molecule has 1 heteroatoms. The minimum Gasteiger partial charge on any atom is -0.295 e. The normalized spacial score (nSPS) is 9.69. The summed E-state index contributed by atoms with van der Waals surface area (Å²) in [4.78, 5) is 11.1. The summed E-state index contributed by atoms with van der Waals surface area (Å²) in [6, 6.07) is 6.08. The molecular weight excluding hydrogens is 160 g/mol. The second-order valence-corrected chi connectivity index (χ2v) is 3.27. The molecule has 0 spiro atoms. The molecule has 0 N–H and O–H groups in total. The molecule has 0 saturated carbocycles. The van der Waals surface area contributed by atoms with Crippen LogP contribution in [0.25, 0.3) is 0 Å². The Labute approximate surface area is 79.1 Å². The van der Waals surface area contributed by atoms with Crippen LogP contribution in [0.1, 0.15) is 16.7 Å². The van der Waals surface area contributed by atoms with Gasteiger partial charge in [-0.25, -0.2) is 0 Å². The first-order valence-corrected chi connectivity index (χ1v) is 4.35. The summed E-state index contributed by atoms with van der Waals surface area (Å²) < 4.78 is 0. The number of allylic oxidation sites excluding steroid dienone is 1. The fourth-order valence-corrected chi connectivity index (χ4v) is 1.19. The van der Waals surface area contributed by atoms with E-state index in [-0.39, 0.29) is 5.78 Å². The summed E-state index contributed by atoms with van der Waals surface area (Å²) >= 11 is 0. The Morgan fingerprint density at radius 2 is 2.08 bits per heavy atom. The lowest BCUT2D eigenvalue weighted by Crippen LogP contribution is -1.98. The lowest BCUT2D eigenvalue weighted by Gasteiger charge is -2.02. The minimum absolute atomic E-state index is 0.0725. The summed E-state index contributed by atoms with van der Waals surface area (Å²) in [5.74, 6) is 0.0725. The Hall–Kier alpha value is -1.37. The molecule has 1 rings (SSSR count). The van der Waals surface area contributed by atoms with E-state index in [1.54, 1.807) is 0 Å². The molecule has 13 heavy (non-hydrogen) atoms. The van der Waals surface area contributed by atoms with E-state index >= 15 is 0 Å². The summed E-state index contributed by atoms with van der Waals surface area (Å²) in [7, 11) is 0. The zero-order valence-electron chi connectivity index (χ0n) is 8.13. The maximum absolute atomic E-state index is 11.1. The summed E-state index contributed by atoms with van der Waals surface area (Å²) in [6.45, 7) is 7.56. The zero-order valence-corrected chi connectivity index (χ0v) is 8.13. The molecule has 0 heterocycles. The molecule has 0 aliphatic rings. The Morgan fingerprint density at radius 1 is 1.38 bits per heavy atom. The smallest absolute Gasteiger partial charge is 0.159 e. The van der Waals surface area contributed by atoms with Crippen LogP contribution < -0.4 is 0 Å². The lowest BCUT2D eigenvalue weighted by molar-refractivity contribution is -0.114. The molecule has 0 fully saturated rings. The van der Waals surface area contributed by atoms with E-state index < -0.39 is 0 Å². The molecule has 0 unspecified atom stereocenters. The number of hydrogen-bond donors (Lipinski definition) is 0. The van der Waals surface area contributed by atoms with Gasteiger partial charge in [0.1, 0.15) is 0 Å². The standard InChI is InChI=1S/C12H14O/c1-4-12(13)8-11-6-5-9(2)10(3)7-11/h4-7H,1,8H2,2-3H3. The van der Waals surface area contributed by atoms with Crippen molar-refractivity contribution in [1.82, 2.24) is 0 Å². The largest absolute Gasteiger partial charge is 0.295 e. The third kappa shape index (κ3) is 2.55. The number of carbonyl (C=O) groups excluding carboxylic acids is 1. The molecule has 0 saturated heterocycles. The van der Waals surface area contributed by atoms with Gasteiger partial charge < -0.3 is 0 Å². The molecule has 0 aliphatic carbocycles. The van der Waals surface area contributed by atoms with Crippen molar-refractivity contribution >= 4 is 5.78 Å². The second-order valence-electron chi connectivity index (χ2n) is 3.27. The van der Waals surface area contributed by atoms with Crippen molar-refractivity contribution < 1.29 is 4.79 Å². The molecule has 0 amide bonds. The Bertz CT molecular complexity index is 337. The molecular formula is C12H14O. The van der Waals surface area contributed by atoms with Gasteiger partial charge in [-0.3, -0.25) is 4.79 Å². The van der Waals surface area contributed by atoms with Crippen LogP contribution in [0.3, 0.4) is 0 Å². The van der Waals surface area contributed by atoms with E-state index in [1.165, 1.54) is 17.2 Å². The topological polar surface area (TPSA) is 17.1 Å². The van der Waals surface area contributed by atoms with Crippen molar-refractivity contribution in [3.63, 3.8) is 0 Å². The van der Waals surface area contributed by atoms with Crippen LogP contribution in [0.15, 0.2) is 30.9 Å². The number of carbonyl (C=O) groups is 1. The number of ketones is 1. The quantitative estimate of drug-likeness (QED) is 0.644. The molecule has 1 nitrogen and oxygen atoms in total. The maximum atomic E-state index is 11.1. The molecule has 0 aliphatic heterocycles. The van der Waals surface area contributed by atoms with Crippen LogP contribution in [-0.2, 0) is 11.2 Å². The van der Waals surface area contributed by atoms with Crippen molar-refractivity contribution in [1.29, 1.82) is 0 Å².